The van der Waals surface area contributed by atoms with Crippen LogP contribution in [0, 0.1) is 10.8 Å². The van der Waals surface area contributed by atoms with E-state index < -0.39 is 0 Å². The summed E-state index contributed by atoms with van der Waals surface area (Å²) in [6.45, 7) is 13.6. The van der Waals surface area contributed by atoms with Crippen molar-refractivity contribution in [3.63, 3.8) is 0 Å². The zero-order valence-electron chi connectivity index (χ0n) is 15.5. The smallest absolute Gasteiger partial charge is 0.193 e. The third-order valence-corrected chi connectivity index (χ3v) is 4.66. The van der Waals surface area contributed by atoms with Crippen molar-refractivity contribution in [2.24, 2.45) is 15.8 Å². The maximum Gasteiger partial charge on any atom is 0.193 e. The van der Waals surface area contributed by atoms with Crippen molar-refractivity contribution in [2.75, 3.05) is 60.0 Å². The molecule has 23 heavy (non-hydrogen) atoms. The summed E-state index contributed by atoms with van der Waals surface area (Å²) in [5.41, 5.74) is 0.577. The largest absolute Gasteiger partial charge is 0.381 e. The van der Waals surface area contributed by atoms with Crippen LogP contribution in [0.5, 0.6) is 0 Å². The molecule has 136 valence electrons. The van der Waals surface area contributed by atoms with E-state index in [1.807, 2.05) is 0 Å². The van der Waals surface area contributed by atoms with Crippen LogP contribution >= 0.6 is 24.0 Å². The van der Waals surface area contributed by atoms with E-state index in [-0.39, 0.29) is 29.4 Å². The lowest BCUT2D eigenvalue weighted by atomic mass is 9.87. The summed E-state index contributed by atoms with van der Waals surface area (Å²) in [7, 11) is 4.25. The lowest BCUT2D eigenvalue weighted by Crippen LogP contribution is -2.42. The Morgan fingerprint density at radius 3 is 2.65 bits per heavy atom. The van der Waals surface area contributed by atoms with Crippen molar-refractivity contribution < 1.29 is 4.74 Å². The number of guanidine groups is 1. The Bertz CT molecular complexity index is 392. The van der Waals surface area contributed by atoms with Gasteiger partial charge in [0, 0.05) is 44.7 Å². The molecule has 2 aliphatic heterocycles. The fourth-order valence-electron chi connectivity index (χ4n) is 3.71. The number of aliphatic imine (C=N–C) groups is 1. The van der Waals surface area contributed by atoms with Gasteiger partial charge < -0.3 is 19.9 Å². The zero-order chi connectivity index (χ0) is 16.2. The summed E-state index contributed by atoms with van der Waals surface area (Å²) in [6.07, 6.45) is 2.44. The zero-order valence-corrected chi connectivity index (χ0v) is 17.9. The number of rotatable bonds is 5. The molecule has 0 aromatic rings. The molecule has 0 radical (unpaired) electrons. The Kier molecular flexibility index (Phi) is 8.07. The average Bonchev–Trinajstić information content (AvgIpc) is 3.04. The third-order valence-electron chi connectivity index (χ3n) is 4.66. The van der Waals surface area contributed by atoms with E-state index in [1.54, 1.807) is 0 Å². The highest BCUT2D eigenvalue weighted by Crippen LogP contribution is 2.38. The van der Waals surface area contributed by atoms with Gasteiger partial charge in [0.15, 0.2) is 5.96 Å². The maximum absolute atomic E-state index is 5.64. The molecule has 1 atom stereocenters. The predicted octanol–water partition coefficient (Wildman–Crippen LogP) is 2.27. The van der Waals surface area contributed by atoms with Gasteiger partial charge in [-0.3, -0.25) is 4.99 Å². The molecule has 0 amide bonds. The number of likely N-dealkylation sites (tertiary alicyclic amines) is 1. The Morgan fingerprint density at radius 2 is 2.09 bits per heavy atom. The summed E-state index contributed by atoms with van der Waals surface area (Å²) in [4.78, 5) is 9.61. The molecule has 2 rings (SSSR count). The molecule has 0 aliphatic carbocycles. The van der Waals surface area contributed by atoms with Crippen molar-refractivity contribution in [3.05, 3.63) is 0 Å². The monoisotopic (exact) mass is 438 g/mol. The highest BCUT2D eigenvalue weighted by molar-refractivity contribution is 14.0. The second-order valence-corrected chi connectivity index (χ2v) is 8.05. The molecular formula is C17H35IN4O. The molecule has 0 saturated carbocycles. The summed E-state index contributed by atoms with van der Waals surface area (Å²) < 4.78 is 5.64. The quantitative estimate of drug-likeness (QED) is 0.406. The lowest BCUT2D eigenvalue weighted by molar-refractivity contribution is 0.156. The van der Waals surface area contributed by atoms with E-state index in [0.717, 1.165) is 51.9 Å². The Hall–Kier alpha value is -0.0800. The van der Waals surface area contributed by atoms with Gasteiger partial charge in [0.2, 0.25) is 0 Å². The first-order valence-electron chi connectivity index (χ1n) is 8.62. The van der Waals surface area contributed by atoms with Crippen LogP contribution in [0.4, 0.5) is 0 Å². The Balaban J connectivity index is 0.00000264. The first kappa shape index (κ1) is 21.0. The molecular weight excluding hydrogens is 403 g/mol. The summed E-state index contributed by atoms with van der Waals surface area (Å²) in [6, 6.07) is 0. The first-order valence-corrected chi connectivity index (χ1v) is 8.62. The first-order chi connectivity index (χ1) is 10.4. The van der Waals surface area contributed by atoms with E-state index in [0.29, 0.717) is 5.41 Å². The van der Waals surface area contributed by atoms with E-state index in [9.17, 15) is 0 Å². The average molecular weight is 438 g/mol. The van der Waals surface area contributed by atoms with Crippen molar-refractivity contribution in [3.8, 4) is 0 Å². The molecule has 2 fully saturated rings. The van der Waals surface area contributed by atoms with Crippen molar-refractivity contribution >= 4 is 29.9 Å². The molecule has 6 heteroatoms. The number of hydrogen-bond donors (Lipinski definition) is 1. The van der Waals surface area contributed by atoms with Gasteiger partial charge in [0.25, 0.3) is 0 Å². The minimum atomic E-state index is 0. The summed E-state index contributed by atoms with van der Waals surface area (Å²) in [5.74, 6) is 1.08. The number of halogens is 1. The highest BCUT2D eigenvalue weighted by Gasteiger charge is 2.42. The SMILES string of the molecule is CCNC(=NCC(C)(C)CN(C)C)N1CCC2(CCOC2)C1.I. The van der Waals surface area contributed by atoms with Crippen LogP contribution < -0.4 is 5.32 Å². The molecule has 1 unspecified atom stereocenters. The van der Waals surface area contributed by atoms with E-state index in [1.165, 1.54) is 12.8 Å². The molecule has 2 saturated heterocycles. The molecule has 0 aromatic heterocycles. The van der Waals surface area contributed by atoms with Crippen molar-refractivity contribution in [1.29, 1.82) is 0 Å². The number of ether oxygens (including phenoxy) is 1. The van der Waals surface area contributed by atoms with Crippen LogP contribution in [0.25, 0.3) is 0 Å². The van der Waals surface area contributed by atoms with Gasteiger partial charge in [-0.1, -0.05) is 13.8 Å². The minimum Gasteiger partial charge on any atom is -0.381 e. The van der Waals surface area contributed by atoms with E-state index in [2.05, 4.69) is 50.0 Å². The van der Waals surface area contributed by atoms with Gasteiger partial charge in [0.1, 0.15) is 0 Å². The van der Waals surface area contributed by atoms with E-state index >= 15 is 0 Å². The minimum absolute atomic E-state index is 0. The van der Waals surface area contributed by atoms with Crippen molar-refractivity contribution in [1.82, 2.24) is 15.1 Å². The van der Waals surface area contributed by atoms with Gasteiger partial charge in [0.05, 0.1) is 6.61 Å². The van der Waals surface area contributed by atoms with Crippen LogP contribution in [-0.4, -0.2) is 75.8 Å². The van der Waals surface area contributed by atoms with Crippen LogP contribution in [0.3, 0.4) is 0 Å². The second-order valence-electron chi connectivity index (χ2n) is 8.05. The van der Waals surface area contributed by atoms with Crippen molar-refractivity contribution in [2.45, 2.75) is 33.6 Å². The maximum atomic E-state index is 5.64. The standard InChI is InChI=1S/C17H34N4O.HI/c1-6-18-15(19-11-16(2,3)12-20(4)5)21-9-7-17(13-21)8-10-22-14-17;/h6-14H2,1-5H3,(H,18,19);1H. The molecule has 1 N–H and O–H groups in total. The number of nitrogens with zero attached hydrogens (tertiary/aromatic N) is 3. The van der Waals surface area contributed by atoms with Crippen LogP contribution in [0.2, 0.25) is 0 Å². The van der Waals surface area contributed by atoms with Crippen LogP contribution in [-0.2, 0) is 4.74 Å². The van der Waals surface area contributed by atoms with Gasteiger partial charge in [-0.05, 0) is 39.3 Å². The molecule has 0 aromatic carbocycles. The third kappa shape index (κ3) is 6.05. The number of nitrogens with one attached hydrogen (secondary N) is 1. The molecule has 0 bridgehead atoms. The number of hydrogen-bond acceptors (Lipinski definition) is 3. The fourth-order valence-corrected chi connectivity index (χ4v) is 3.71. The van der Waals surface area contributed by atoms with Crippen LogP contribution in [0.15, 0.2) is 4.99 Å². The van der Waals surface area contributed by atoms with Gasteiger partial charge in [-0.25, -0.2) is 0 Å². The lowest BCUT2D eigenvalue weighted by Gasteiger charge is -2.29. The van der Waals surface area contributed by atoms with Gasteiger partial charge in [-0.2, -0.15) is 0 Å². The van der Waals surface area contributed by atoms with E-state index in [4.69, 9.17) is 9.73 Å². The predicted molar refractivity (Wildman–Crippen MR) is 108 cm³/mol. The summed E-state index contributed by atoms with van der Waals surface area (Å²) in [5, 5.41) is 3.48. The molecule has 5 nitrogen and oxygen atoms in total. The second kappa shape index (κ2) is 8.85. The summed E-state index contributed by atoms with van der Waals surface area (Å²) >= 11 is 0. The fraction of sp³-hybridized carbons (Fsp3) is 0.941. The molecule has 2 heterocycles. The van der Waals surface area contributed by atoms with Crippen LogP contribution in [0.1, 0.15) is 33.6 Å². The normalized spacial score (nSPS) is 25.3. The van der Waals surface area contributed by atoms with Gasteiger partial charge in [-0.15, -0.1) is 24.0 Å². The Morgan fingerprint density at radius 1 is 1.35 bits per heavy atom. The molecule has 2 aliphatic rings. The highest BCUT2D eigenvalue weighted by atomic mass is 127. The topological polar surface area (TPSA) is 40.1 Å². The van der Waals surface area contributed by atoms with Gasteiger partial charge >= 0.3 is 0 Å². The Labute approximate surface area is 159 Å². The molecule has 1 spiro atoms.